The summed E-state index contributed by atoms with van der Waals surface area (Å²) < 4.78 is 15.8. The van der Waals surface area contributed by atoms with Gasteiger partial charge < -0.3 is 24.5 Å². The number of nitrogens with zero attached hydrogens (tertiary/aromatic N) is 1. The van der Waals surface area contributed by atoms with Crippen molar-refractivity contribution in [3.05, 3.63) is 53.5 Å². The molecule has 25 heavy (non-hydrogen) atoms. The van der Waals surface area contributed by atoms with Crippen LogP contribution < -0.4 is 15.4 Å². The summed E-state index contributed by atoms with van der Waals surface area (Å²) in [6, 6.07) is 9.99. The van der Waals surface area contributed by atoms with Crippen molar-refractivity contribution in [3.63, 3.8) is 0 Å². The lowest BCUT2D eigenvalue weighted by atomic mass is 10.1. The minimum atomic E-state index is 0.571. The molecular weight excluding hydrogens is 318 g/mol. The van der Waals surface area contributed by atoms with Crippen LogP contribution in [0.15, 0.2) is 46.0 Å². The Labute approximate surface area is 149 Å². The second kappa shape index (κ2) is 10.4. The van der Waals surface area contributed by atoms with Crippen LogP contribution in [0.25, 0.3) is 0 Å². The number of hydrogen-bond donors (Lipinski definition) is 2. The number of aryl methyl sites for hydroxylation is 1. The predicted octanol–water partition coefficient (Wildman–Crippen LogP) is 2.52. The zero-order chi connectivity index (χ0) is 17.9. The van der Waals surface area contributed by atoms with Gasteiger partial charge in [-0.15, -0.1) is 0 Å². The molecule has 2 aromatic rings. The minimum absolute atomic E-state index is 0.571. The predicted molar refractivity (Wildman–Crippen MR) is 99.2 cm³/mol. The molecule has 0 spiro atoms. The molecule has 2 N–H and O–H groups in total. The summed E-state index contributed by atoms with van der Waals surface area (Å²) in [6.45, 7) is 4.68. The highest BCUT2D eigenvalue weighted by atomic mass is 16.5. The van der Waals surface area contributed by atoms with E-state index < -0.39 is 0 Å². The molecule has 0 fully saturated rings. The van der Waals surface area contributed by atoms with Gasteiger partial charge in [-0.05, 0) is 42.3 Å². The van der Waals surface area contributed by atoms with Crippen LogP contribution in [0.3, 0.4) is 0 Å². The van der Waals surface area contributed by atoms with Crippen LogP contribution in [0.5, 0.6) is 5.75 Å². The largest absolute Gasteiger partial charge is 0.497 e. The van der Waals surface area contributed by atoms with Crippen LogP contribution in [0.2, 0.25) is 0 Å². The smallest absolute Gasteiger partial charge is 0.191 e. The van der Waals surface area contributed by atoms with Gasteiger partial charge in [-0.1, -0.05) is 6.07 Å². The van der Waals surface area contributed by atoms with Crippen molar-refractivity contribution in [1.29, 1.82) is 0 Å². The Morgan fingerprint density at radius 1 is 1.16 bits per heavy atom. The molecule has 6 nitrogen and oxygen atoms in total. The zero-order valence-corrected chi connectivity index (χ0v) is 15.2. The third kappa shape index (κ3) is 6.89. The van der Waals surface area contributed by atoms with Crippen molar-refractivity contribution >= 4 is 5.96 Å². The number of nitrogens with one attached hydrogen (secondary N) is 2. The summed E-state index contributed by atoms with van der Waals surface area (Å²) in [5.74, 6) is 2.56. The molecule has 0 atom stereocenters. The number of guanidine groups is 1. The third-order valence-electron chi connectivity index (χ3n) is 3.61. The monoisotopic (exact) mass is 345 g/mol. The van der Waals surface area contributed by atoms with Gasteiger partial charge in [0.1, 0.15) is 11.5 Å². The number of rotatable bonds is 9. The molecule has 0 saturated heterocycles. The Morgan fingerprint density at radius 2 is 2.00 bits per heavy atom. The lowest BCUT2D eigenvalue weighted by Gasteiger charge is -2.12. The van der Waals surface area contributed by atoms with Crippen LogP contribution in [-0.2, 0) is 17.7 Å². The first-order valence-corrected chi connectivity index (χ1v) is 8.39. The fourth-order valence-corrected chi connectivity index (χ4v) is 2.41. The van der Waals surface area contributed by atoms with Crippen molar-refractivity contribution in [2.45, 2.75) is 19.9 Å². The summed E-state index contributed by atoms with van der Waals surface area (Å²) in [6.07, 6.45) is 2.49. The highest BCUT2D eigenvalue weighted by molar-refractivity contribution is 5.79. The summed E-state index contributed by atoms with van der Waals surface area (Å²) in [5.41, 5.74) is 2.26. The van der Waals surface area contributed by atoms with Gasteiger partial charge in [0.15, 0.2) is 5.96 Å². The maximum Gasteiger partial charge on any atom is 0.191 e. The topological polar surface area (TPSA) is 68.0 Å². The maximum absolute atomic E-state index is 5.35. The second-order valence-electron chi connectivity index (χ2n) is 5.70. The summed E-state index contributed by atoms with van der Waals surface area (Å²) in [7, 11) is 3.36. The average Bonchev–Trinajstić information content (AvgIpc) is 3.12. The molecule has 0 bridgehead atoms. The van der Waals surface area contributed by atoms with Crippen molar-refractivity contribution in [3.8, 4) is 5.75 Å². The van der Waals surface area contributed by atoms with Crippen LogP contribution >= 0.6 is 0 Å². The number of methoxy groups -OCH3 is 2. The van der Waals surface area contributed by atoms with E-state index in [1.165, 1.54) is 0 Å². The van der Waals surface area contributed by atoms with Gasteiger partial charge in [0, 0.05) is 26.6 Å². The molecule has 0 amide bonds. The van der Waals surface area contributed by atoms with Crippen LogP contribution in [0.1, 0.15) is 16.9 Å². The van der Waals surface area contributed by atoms with Crippen LogP contribution in [0.4, 0.5) is 0 Å². The molecule has 1 aromatic carbocycles. The van der Waals surface area contributed by atoms with E-state index in [0.29, 0.717) is 19.7 Å². The molecular formula is C19H27N3O3. The Kier molecular flexibility index (Phi) is 7.85. The zero-order valence-electron chi connectivity index (χ0n) is 15.2. The first-order valence-electron chi connectivity index (χ1n) is 8.39. The molecule has 1 heterocycles. The average molecular weight is 345 g/mol. The molecule has 0 aliphatic carbocycles. The van der Waals surface area contributed by atoms with E-state index in [2.05, 4.69) is 28.6 Å². The number of ether oxygens (including phenoxy) is 2. The van der Waals surface area contributed by atoms with E-state index in [4.69, 9.17) is 13.9 Å². The van der Waals surface area contributed by atoms with Gasteiger partial charge in [0.25, 0.3) is 0 Å². The van der Waals surface area contributed by atoms with Gasteiger partial charge in [-0.3, -0.25) is 0 Å². The Morgan fingerprint density at radius 3 is 2.72 bits per heavy atom. The first kappa shape index (κ1) is 18.9. The number of hydrogen-bond acceptors (Lipinski definition) is 4. The number of furan rings is 1. The quantitative estimate of drug-likeness (QED) is 0.415. The maximum atomic E-state index is 5.35. The van der Waals surface area contributed by atoms with Gasteiger partial charge in [-0.2, -0.15) is 0 Å². The molecule has 0 radical (unpaired) electrons. The molecule has 6 heteroatoms. The van der Waals surface area contributed by atoms with Crippen molar-refractivity contribution < 1.29 is 13.9 Å². The van der Waals surface area contributed by atoms with E-state index in [1.807, 2.05) is 24.3 Å². The SMILES string of the molecule is COCCNC(=NCc1cc(C)cc(OC)c1)NCCc1ccco1. The normalized spacial score (nSPS) is 11.4. The van der Waals surface area contributed by atoms with Crippen molar-refractivity contribution in [1.82, 2.24) is 10.6 Å². The summed E-state index contributed by atoms with van der Waals surface area (Å²) in [4.78, 5) is 4.65. The summed E-state index contributed by atoms with van der Waals surface area (Å²) >= 11 is 0. The van der Waals surface area contributed by atoms with E-state index in [-0.39, 0.29) is 0 Å². The first-order chi connectivity index (χ1) is 12.2. The molecule has 0 aliphatic rings. The lowest BCUT2D eigenvalue weighted by Crippen LogP contribution is -2.40. The van der Waals surface area contributed by atoms with E-state index in [0.717, 1.165) is 41.6 Å². The van der Waals surface area contributed by atoms with Gasteiger partial charge in [-0.25, -0.2) is 4.99 Å². The second-order valence-corrected chi connectivity index (χ2v) is 5.70. The number of benzene rings is 1. The molecule has 136 valence electrons. The Bertz CT molecular complexity index is 654. The molecule has 0 saturated carbocycles. The van der Waals surface area contributed by atoms with Gasteiger partial charge in [0.2, 0.25) is 0 Å². The van der Waals surface area contributed by atoms with Crippen LogP contribution in [-0.4, -0.2) is 39.9 Å². The van der Waals surface area contributed by atoms with Crippen molar-refractivity contribution in [2.24, 2.45) is 4.99 Å². The molecule has 0 unspecified atom stereocenters. The Balaban J connectivity index is 1.95. The van der Waals surface area contributed by atoms with Gasteiger partial charge >= 0.3 is 0 Å². The molecule has 2 rings (SSSR count). The third-order valence-corrected chi connectivity index (χ3v) is 3.61. The standard InChI is InChI=1S/C19H27N3O3/c1-15-11-16(13-18(12-15)24-3)14-22-19(21-8-10-23-2)20-7-6-17-5-4-9-25-17/h4-5,9,11-13H,6-8,10,14H2,1-3H3,(H2,20,21,22). The van der Waals surface area contributed by atoms with E-state index in [1.54, 1.807) is 20.5 Å². The minimum Gasteiger partial charge on any atom is -0.497 e. The van der Waals surface area contributed by atoms with E-state index >= 15 is 0 Å². The van der Waals surface area contributed by atoms with Gasteiger partial charge in [0.05, 0.1) is 26.5 Å². The van der Waals surface area contributed by atoms with Crippen LogP contribution in [0, 0.1) is 6.92 Å². The lowest BCUT2D eigenvalue weighted by molar-refractivity contribution is 0.203. The molecule has 1 aromatic heterocycles. The molecule has 0 aliphatic heterocycles. The highest BCUT2D eigenvalue weighted by Gasteiger charge is 2.02. The Hall–Kier alpha value is -2.47. The summed E-state index contributed by atoms with van der Waals surface area (Å²) in [5, 5.41) is 6.59. The van der Waals surface area contributed by atoms with Crippen molar-refractivity contribution in [2.75, 3.05) is 33.9 Å². The van der Waals surface area contributed by atoms with E-state index in [9.17, 15) is 0 Å². The fourth-order valence-electron chi connectivity index (χ4n) is 2.41. The highest BCUT2D eigenvalue weighted by Crippen LogP contribution is 2.16. The fraction of sp³-hybridized carbons (Fsp3) is 0.421. The number of aliphatic imine (C=N–C) groups is 1.